The highest BCUT2D eigenvalue weighted by atomic mass is 16.3. The summed E-state index contributed by atoms with van der Waals surface area (Å²) in [5.74, 6) is 2.34. The summed E-state index contributed by atoms with van der Waals surface area (Å²) in [4.78, 5) is 11.2. The molecule has 2 N–H and O–H groups in total. The Morgan fingerprint density at radius 2 is 2.09 bits per heavy atom. The predicted molar refractivity (Wildman–Crippen MR) is 90.7 cm³/mol. The minimum Gasteiger partial charge on any atom is -0.394 e. The Morgan fingerprint density at radius 3 is 2.91 bits per heavy atom. The molecule has 5 nitrogen and oxygen atoms in total. The van der Waals surface area contributed by atoms with Gasteiger partial charge in [-0.3, -0.25) is 0 Å². The van der Waals surface area contributed by atoms with E-state index in [9.17, 15) is 5.11 Å². The van der Waals surface area contributed by atoms with Gasteiger partial charge in [0.25, 0.3) is 0 Å². The Kier molecular flexibility index (Phi) is 3.65. The molecular weight excluding hydrogens is 288 g/mol. The molecule has 2 bridgehead atoms. The van der Waals surface area contributed by atoms with Gasteiger partial charge in [-0.2, -0.15) is 0 Å². The van der Waals surface area contributed by atoms with Crippen LogP contribution in [-0.2, 0) is 0 Å². The summed E-state index contributed by atoms with van der Waals surface area (Å²) in [5, 5.41) is 12.4. The highest BCUT2D eigenvalue weighted by Gasteiger charge is 2.38. The molecule has 0 amide bonds. The number of aliphatic hydroxyl groups excluding tert-OH is 1. The third-order valence-corrected chi connectivity index (χ3v) is 4.99. The zero-order valence-corrected chi connectivity index (χ0v) is 13.3. The second-order valence-corrected chi connectivity index (χ2v) is 6.56. The Labute approximate surface area is 136 Å². The van der Waals surface area contributed by atoms with Crippen LogP contribution in [0.3, 0.4) is 0 Å². The first kappa shape index (κ1) is 14.5. The van der Waals surface area contributed by atoms with Crippen molar-refractivity contribution in [1.29, 1.82) is 0 Å². The van der Waals surface area contributed by atoms with E-state index in [1.54, 1.807) is 6.33 Å². The van der Waals surface area contributed by atoms with Gasteiger partial charge in [-0.25, -0.2) is 9.97 Å². The number of fused-ring (bicyclic) bond motifs is 2. The summed E-state index contributed by atoms with van der Waals surface area (Å²) >= 11 is 0. The van der Waals surface area contributed by atoms with Crippen molar-refractivity contribution in [2.45, 2.75) is 37.8 Å². The molecule has 2 aromatic rings. The molecule has 1 aliphatic carbocycles. The maximum atomic E-state index is 9.19. The zero-order chi connectivity index (χ0) is 15.8. The smallest absolute Gasteiger partial charge is 0.134 e. The van der Waals surface area contributed by atoms with Gasteiger partial charge in [0.05, 0.1) is 12.6 Å². The molecule has 2 aliphatic heterocycles. The SMILES string of the molecule is C[C@@H](CO)Nc1cc(N2C[C@H]3CC[C@H]2c2ccccc23)ncn1. The van der Waals surface area contributed by atoms with Gasteiger partial charge < -0.3 is 15.3 Å². The van der Waals surface area contributed by atoms with Gasteiger partial charge in [-0.15, -0.1) is 0 Å². The van der Waals surface area contributed by atoms with Crippen molar-refractivity contribution < 1.29 is 5.11 Å². The standard InChI is InChI=1S/C18H22N4O/c1-12(10-23)21-17-8-18(20-11-19-17)22-9-13-6-7-16(22)15-5-3-2-4-14(13)15/h2-5,8,11-13,16,23H,6-7,9-10H2,1H3,(H,19,20,21)/t12-,13+,16-/m0/s1. The number of hydrogen-bond acceptors (Lipinski definition) is 5. The normalized spacial score (nSPS) is 23.5. The number of rotatable bonds is 4. The van der Waals surface area contributed by atoms with Crippen LogP contribution in [0.2, 0.25) is 0 Å². The summed E-state index contributed by atoms with van der Waals surface area (Å²) in [5.41, 5.74) is 2.97. The third kappa shape index (κ3) is 2.55. The average molecular weight is 310 g/mol. The van der Waals surface area contributed by atoms with Crippen LogP contribution in [0.5, 0.6) is 0 Å². The van der Waals surface area contributed by atoms with Crippen LogP contribution >= 0.6 is 0 Å². The Balaban J connectivity index is 1.64. The molecule has 1 fully saturated rings. The second kappa shape index (κ2) is 5.81. The van der Waals surface area contributed by atoms with E-state index < -0.39 is 0 Å². The monoisotopic (exact) mass is 310 g/mol. The minimum atomic E-state index is -0.0173. The van der Waals surface area contributed by atoms with Crippen LogP contribution in [0.25, 0.3) is 0 Å². The average Bonchev–Trinajstić information content (AvgIpc) is 2.62. The number of nitrogens with one attached hydrogen (secondary N) is 1. The van der Waals surface area contributed by atoms with E-state index in [0.29, 0.717) is 12.0 Å². The van der Waals surface area contributed by atoms with Crippen LogP contribution < -0.4 is 10.2 Å². The molecular formula is C18H22N4O. The lowest BCUT2D eigenvalue weighted by molar-refractivity contribution is 0.281. The fraction of sp³-hybridized carbons (Fsp3) is 0.444. The van der Waals surface area contributed by atoms with Crippen molar-refractivity contribution in [3.63, 3.8) is 0 Å². The van der Waals surface area contributed by atoms with Crippen molar-refractivity contribution in [3.8, 4) is 0 Å². The van der Waals surface area contributed by atoms with Crippen molar-refractivity contribution in [2.75, 3.05) is 23.4 Å². The molecule has 1 aromatic carbocycles. The van der Waals surface area contributed by atoms with Gasteiger partial charge in [0.15, 0.2) is 0 Å². The van der Waals surface area contributed by atoms with Gasteiger partial charge in [-0.05, 0) is 30.9 Å². The van der Waals surface area contributed by atoms with E-state index in [2.05, 4.69) is 44.5 Å². The van der Waals surface area contributed by atoms with Gasteiger partial charge in [0, 0.05) is 24.6 Å². The first-order valence-electron chi connectivity index (χ1n) is 8.31. The van der Waals surface area contributed by atoms with E-state index >= 15 is 0 Å². The molecule has 1 aromatic heterocycles. The lowest BCUT2D eigenvalue weighted by Gasteiger charge is -2.47. The highest BCUT2D eigenvalue weighted by molar-refractivity contribution is 5.54. The maximum Gasteiger partial charge on any atom is 0.134 e. The lowest BCUT2D eigenvalue weighted by Crippen LogP contribution is -2.43. The molecule has 3 heterocycles. The molecule has 120 valence electrons. The lowest BCUT2D eigenvalue weighted by atomic mass is 9.75. The molecule has 5 rings (SSSR count). The molecule has 3 aliphatic rings. The summed E-state index contributed by atoms with van der Waals surface area (Å²) in [6.07, 6.45) is 4.05. The van der Waals surface area contributed by atoms with E-state index in [4.69, 9.17) is 0 Å². The van der Waals surface area contributed by atoms with Crippen LogP contribution in [-0.4, -0.2) is 34.3 Å². The Hall–Kier alpha value is -2.14. The van der Waals surface area contributed by atoms with Crippen molar-refractivity contribution >= 4 is 11.6 Å². The van der Waals surface area contributed by atoms with Crippen LogP contribution in [0, 0.1) is 0 Å². The van der Waals surface area contributed by atoms with E-state index in [0.717, 1.165) is 18.2 Å². The first-order valence-corrected chi connectivity index (χ1v) is 8.31. The first-order chi connectivity index (χ1) is 11.3. The molecule has 23 heavy (non-hydrogen) atoms. The number of aliphatic hydroxyl groups is 1. The molecule has 0 saturated carbocycles. The van der Waals surface area contributed by atoms with Gasteiger partial charge in [-0.1, -0.05) is 24.3 Å². The van der Waals surface area contributed by atoms with Gasteiger partial charge >= 0.3 is 0 Å². The van der Waals surface area contributed by atoms with Crippen LogP contribution in [0.15, 0.2) is 36.7 Å². The molecule has 5 heteroatoms. The summed E-state index contributed by atoms with van der Waals surface area (Å²) in [6, 6.07) is 11.2. The van der Waals surface area contributed by atoms with Crippen molar-refractivity contribution in [2.24, 2.45) is 0 Å². The van der Waals surface area contributed by atoms with Crippen LogP contribution in [0.4, 0.5) is 11.6 Å². The number of anilines is 2. The molecule has 0 radical (unpaired) electrons. The molecule has 1 saturated heterocycles. The van der Waals surface area contributed by atoms with E-state index in [1.807, 2.05) is 13.0 Å². The zero-order valence-electron chi connectivity index (χ0n) is 13.3. The van der Waals surface area contributed by atoms with Crippen molar-refractivity contribution in [1.82, 2.24) is 9.97 Å². The van der Waals surface area contributed by atoms with E-state index in [1.165, 1.54) is 24.0 Å². The molecule has 3 atom stereocenters. The fourth-order valence-electron chi connectivity index (χ4n) is 3.87. The van der Waals surface area contributed by atoms with Crippen molar-refractivity contribution in [3.05, 3.63) is 47.8 Å². The maximum absolute atomic E-state index is 9.19. The van der Waals surface area contributed by atoms with Crippen LogP contribution in [0.1, 0.15) is 42.9 Å². The highest BCUT2D eigenvalue weighted by Crippen LogP contribution is 2.47. The summed E-state index contributed by atoms with van der Waals surface area (Å²) < 4.78 is 0. The summed E-state index contributed by atoms with van der Waals surface area (Å²) in [7, 11) is 0. The third-order valence-electron chi connectivity index (χ3n) is 4.99. The molecule has 0 spiro atoms. The number of piperidine rings is 1. The number of hydrogen-bond donors (Lipinski definition) is 2. The second-order valence-electron chi connectivity index (χ2n) is 6.56. The van der Waals surface area contributed by atoms with E-state index in [-0.39, 0.29) is 12.6 Å². The number of aromatic nitrogens is 2. The Bertz CT molecular complexity index is 705. The quantitative estimate of drug-likeness (QED) is 0.909. The largest absolute Gasteiger partial charge is 0.394 e. The fourth-order valence-corrected chi connectivity index (χ4v) is 3.87. The predicted octanol–water partition coefficient (Wildman–Crippen LogP) is 2.71. The Morgan fingerprint density at radius 1 is 1.26 bits per heavy atom. The number of nitrogens with zero attached hydrogens (tertiary/aromatic N) is 3. The number of benzene rings is 1. The topological polar surface area (TPSA) is 61.3 Å². The minimum absolute atomic E-state index is 0.0173. The van der Waals surface area contributed by atoms with Gasteiger partial charge in [0.1, 0.15) is 18.0 Å². The molecule has 0 unspecified atom stereocenters. The van der Waals surface area contributed by atoms with Gasteiger partial charge in [0.2, 0.25) is 0 Å². The summed E-state index contributed by atoms with van der Waals surface area (Å²) in [6.45, 7) is 3.04.